The van der Waals surface area contributed by atoms with Gasteiger partial charge in [-0.2, -0.15) is 0 Å². The van der Waals surface area contributed by atoms with Crippen molar-refractivity contribution in [1.82, 2.24) is 0 Å². The molecule has 1 heterocycles. The summed E-state index contributed by atoms with van der Waals surface area (Å²) in [5.41, 5.74) is 6.36. The molecule has 0 unspecified atom stereocenters. The van der Waals surface area contributed by atoms with Gasteiger partial charge in [-0.1, -0.05) is 30.3 Å². The Kier molecular flexibility index (Phi) is 4.92. The van der Waals surface area contributed by atoms with Crippen LogP contribution in [0.4, 0.5) is 5.69 Å². The molecule has 0 amide bonds. The first-order valence-corrected chi connectivity index (χ1v) is 7.74. The van der Waals surface area contributed by atoms with Gasteiger partial charge in [0.15, 0.2) is 0 Å². The summed E-state index contributed by atoms with van der Waals surface area (Å²) in [7, 11) is -4.92. The van der Waals surface area contributed by atoms with E-state index in [-0.39, 0.29) is 5.63 Å². The van der Waals surface area contributed by atoms with Crippen LogP contribution >= 0.6 is 0 Å². The average molecular weight is 335 g/mol. The predicted octanol–water partition coefficient (Wildman–Crippen LogP) is 1.34. The Bertz CT molecular complexity index is 972. The van der Waals surface area contributed by atoms with E-state index in [0.717, 1.165) is 16.6 Å². The highest BCUT2D eigenvalue weighted by Gasteiger charge is 2.07. The van der Waals surface area contributed by atoms with E-state index in [0.29, 0.717) is 11.1 Å². The highest BCUT2D eigenvalue weighted by atomic mass is 32.3. The quantitative estimate of drug-likeness (QED) is 0.391. The maximum Gasteiger partial charge on any atom is 0.344 e. The smallest absolute Gasteiger partial charge is 0.344 e. The molecule has 0 aliphatic rings. The fourth-order valence-corrected chi connectivity index (χ4v) is 1.97. The van der Waals surface area contributed by atoms with Crippen LogP contribution in [-0.2, 0) is 10.4 Å². The molecular weight excluding hydrogens is 322 g/mol. The summed E-state index contributed by atoms with van der Waals surface area (Å²) in [6.45, 7) is 0. The van der Waals surface area contributed by atoms with Gasteiger partial charge in [0.2, 0.25) is 10.4 Å². The monoisotopic (exact) mass is 335 g/mol. The zero-order valence-electron chi connectivity index (χ0n) is 11.8. The summed E-state index contributed by atoms with van der Waals surface area (Å²) < 4.78 is 38.2. The second-order valence-electron chi connectivity index (χ2n) is 4.61. The maximum atomic E-state index is 12.0. The van der Waals surface area contributed by atoms with Crippen molar-refractivity contribution in [3.05, 3.63) is 65.0 Å². The molecule has 0 bridgehead atoms. The molecule has 4 N–H and O–H groups in total. The van der Waals surface area contributed by atoms with Gasteiger partial charge in [-0.05, 0) is 23.8 Å². The van der Waals surface area contributed by atoms with Crippen molar-refractivity contribution in [3.8, 4) is 11.1 Å². The normalized spacial score (nSPS) is 10.9. The molecule has 120 valence electrons. The number of fused-ring (bicyclic) bond motifs is 1. The molecule has 1 aromatic heterocycles. The van der Waals surface area contributed by atoms with Crippen LogP contribution < -0.4 is 11.4 Å². The molecule has 0 saturated carbocycles. The van der Waals surface area contributed by atoms with E-state index in [4.69, 9.17) is 21.9 Å². The fraction of sp³-hybridized carbons (Fsp3) is 0. The van der Waals surface area contributed by atoms with Crippen molar-refractivity contribution in [1.29, 1.82) is 0 Å². The van der Waals surface area contributed by atoms with Gasteiger partial charge in [-0.15, -0.1) is 0 Å². The third-order valence-corrected chi connectivity index (χ3v) is 2.89. The number of rotatable bonds is 1. The summed E-state index contributed by atoms with van der Waals surface area (Å²) in [6, 6.07) is 16.9. The molecule has 23 heavy (non-hydrogen) atoms. The Morgan fingerprint density at radius 3 is 2.26 bits per heavy atom. The molecule has 0 atom stereocenters. The van der Waals surface area contributed by atoms with E-state index in [9.17, 15) is 4.79 Å². The second kappa shape index (κ2) is 6.71. The Balaban J connectivity index is 0.000000338. The summed E-state index contributed by atoms with van der Waals surface area (Å²) in [4.78, 5) is 12.0. The van der Waals surface area contributed by atoms with Gasteiger partial charge in [0.1, 0.15) is 11.3 Å². The molecule has 2 aromatic carbocycles. The molecule has 0 spiro atoms. The van der Waals surface area contributed by atoms with E-state index in [2.05, 4.69) is 5.73 Å². The third-order valence-electron chi connectivity index (χ3n) is 2.89. The lowest BCUT2D eigenvalue weighted by Gasteiger charge is -2.02. The second-order valence-corrected chi connectivity index (χ2v) is 5.47. The summed E-state index contributed by atoms with van der Waals surface area (Å²) >= 11 is 0. The Labute approximate surface area is 131 Å². The van der Waals surface area contributed by atoms with Crippen LogP contribution in [0.15, 0.2) is 63.8 Å². The van der Waals surface area contributed by atoms with Crippen molar-refractivity contribution < 1.29 is 27.7 Å². The van der Waals surface area contributed by atoms with Crippen molar-refractivity contribution >= 4 is 27.1 Å². The molecule has 0 aliphatic carbocycles. The lowest BCUT2D eigenvalue weighted by molar-refractivity contribution is -0.254. The van der Waals surface area contributed by atoms with Gasteiger partial charge >= 0.3 is 5.63 Å². The average Bonchev–Trinajstić information content (AvgIpc) is 2.45. The zero-order valence-corrected chi connectivity index (χ0v) is 12.6. The van der Waals surface area contributed by atoms with Crippen LogP contribution in [0.1, 0.15) is 0 Å². The minimum absolute atomic E-state index is 0.320. The molecule has 7 nitrogen and oxygen atoms in total. The lowest BCUT2D eigenvalue weighted by Crippen LogP contribution is -2.39. The highest BCUT2D eigenvalue weighted by molar-refractivity contribution is 7.79. The van der Waals surface area contributed by atoms with E-state index >= 15 is 0 Å². The first-order valence-electron chi connectivity index (χ1n) is 6.37. The summed E-state index contributed by atoms with van der Waals surface area (Å²) in [5, 5.41) is 0.904. The van der Waals surface area contributed by atoms with Crippen LogP contribution in [0.5, 0.6) is 0 Å². The number of quaternary nitrogens is 1. The molecule has 3 rings (SSSR count). The first kappa shape index (κ1) is 16.8. The molecular formula is C15H13NO6S. The van der Waals surface area contributed by atoms with Gasteiger partial charge in [0.05, 0.1) is 5.56 Å². The third kappa shape index (κ3) is 5.01. The van der Waals surface area contributed by atoms with Gasteiger partial charge in [0.25, 0.3) is 0 Å². The number of hydrogen-bond donors (Lipinski definition) is 2. The SMILES string of the molecule is O=S(=O)([O-])O.[NH3+]c1ccc2cc(-c3ccccc3)c(=O)oc2c1. The van der Waals surface area contributed by atoms with Crippen LogP contribution in [0, 0.1) is 0 Å². The standard InChI is InChI=1S/C15H11NO2.H2O4S/c16-12-7-6-11-8-13(10-4-2-1-3-5-10)15(17)18-14(11)9-12;1-5(2,3)4/h1-9H,16H2;(H2,1,2,3,4). The van der Waals surface area contributed by atoms with Crippen molar-refractivity contribution in [2.75, 3.05) is 0 Å². The first-order chi connectivity index (χ1) is 10.7. The Morgan fingerprint density at radius 1 is 1.04 bits per heavy atom. The maximum absolute atomic E-state index is 12.0. The number of benzene rings is 2. The Hall–Kier alpha value is -2.52. The fourth-order valence-electron chi connectivity index (χ4n) is 1.97. The zero-order chi connectivity index (χ0) is 17.0. The number of hydrogen-bond acceptors (Lipinski definition) is 5. The van der Waals surface area contributed by atoms with Crippen molar-refractivity contribution in [3.63, 3.8) is 0 Å². The summed E-state index contributed by atoms with van der Waals surface area (Å²) in [6.07, 6.45) is 0. The van der Waals surface area contributed by atoms with Crippen LogP contribution in [0.2, 0.25) is 0 Å². The van der Waals surface area contributed by atoms with Gasteiger partial charge in [-0.25, -0.2) is 13.2 Å². The van der Waals surface area contributed by atoms with Gasteiger partial charge < -0.3 is 14.7 Å². The minimum atomic E-state index is -4.92. The summed E-state index contributed by atoms with van der Waals surface area (Å²) in [5.74, 6) is 0. The molecule has 0 aliphatic heterocycles. The molecule has 8 heteroatoms. The topological polar surface area (TPSA) is 135 Å². The van der Waals surface area contributed by atoms with Crippen LogP contribution in [-0.4, -0.2) is 17.5 Å². The van der Waals surface area contributed by atoms with E-state index in [1.807, 2.05) is 48.5 Å². The Morgan fingerprint density at radius 2 is 1.65 bits per heavy atom. The van der Waals surface area contributed by atoms with E-state index in [1.165, 1.54) is 0 Å². The predicted molar refractivity (Wildman–Crippen MR) is 82.8 cm³/mol. The van der Waals surface area contributed by atoms with Crippen LogP contribution in [0.25, 0.3) is 22.1 Å². The van der Waals surface area contributed by atoms with E-state index < -0.39 is 10.4 Å². The highest BCUT2D eigenvalue weighted by Crippen LogP contribution is 2.21. The van der Waals surface area contributed by atoms with Crippen molar-refractivity contribution in [2.24, 2.45) is 0 Å². The largest absolute Gasteiger partial charge is 0.726 e. The lowest BCUT2D eigenvalue weighted by atomic mass is 10.1. The van der Waals surface area contributed by atoms with Crippen molar-refractivity contribution in [2.45, 2.75) is 0 Å². The molecule has 3 aromatic rings. The van der Waals surface area contributed by atoms with Crippen LogP contribution in [0.3, 0.4) is 0 Å². The van der Waals surface area contributed by atoms with E-state index in [1.54, 1.807) is 6.07 Å². The molecule has 0 saturated heterocycles. The minimum Gasteiger partial charge on any atom is -0.726 e. The molecule has 0 radical (unpaired) electrons. The van der Waals surface area contributed by atoms with Gasteiger partial charge in [0, 0.05) is 11.5 Å². The molecule has 0 fully saturated rings. The van der Waals surface area contributed by atoms with Gasteiger partial charge in [-0.3, -0.25) is 4.55 Å².